The number of aromatic nitrogens is 4. The zero-order valence-corrected chi connectivity index (χ0v) is 14.8. The molecule has 3 aromatic heterocycles. The Morgan fingerprint density at radius 3 is 2.50 bits per heavy atom. The largest absolute Gasteiger partial charge is 0.378 e. The molecule has 3 heterocycles. The lowest BCUT2D eigenvalue weighted by Crippen LogP contribution is -2.07. The van der Waals surface area contributed by atoms with Crippen molar-refractivity contribution in [2.75, 3.05) is 31.4 Å². The van der Waals surface area contributed by atoms with E-state index in [1.807, 2.05) is 32.8 Å². The van der Waals surface area contributed by atoms with Gasteiger partial charge in [0.05, 0.1) is 6.33 Å². The molecule has 0 fully saturated rings. The van der Waals surface area contributed by atoms with E-state index in [2.05, 4.69) is 44.5 Å². The molecule has 0 unspecified atom stereocenters. The molecule has 7 heteroatoms. The number of aryl methyl sites for hydroxylation is 1. The van der Waals surface area contributed by atoms with Crippen molar-refractivity contribution in [3.63, 3.8) is 0 Å². The molecule has 24 heavy (non-hydrogen) atoms. The minimum absolute atomic E-state index is 0.788. The summed E-state index contributed by atoms with van der Waals surface area (Å²) in [6, 6.07) is 8.42. The summed E-state index contributed by atoms with van der Waals surface area (Å²) in [6.45, 7) is 0. The van der Waals surface area contributed by atoms with Gasteiger partial charge in [-0.3, -0.25) is 0 Å². The van der Waals surface area contributed by atoms with Gasteiger partial charge in [-0.1, -0.05) is 11.3 Å². The molecule has 1 aromatic carbocycles. The van der Waals surface area contributed by atoms with Crippen LogP contribution < -0.4 is 10.2 Å². The fraction of sp³-hybridized carbons (Fsp3) is 0.235. The Balaban J connectivity index is 1.92. The Morgan fingerprint density at radius 2 is 1.83 bits per heavy atom. The first kappa shape index (κ1) is 14.9. The van der Waals surface area contributed by atoms with Gasteiger partial charge in [0.2, 0.25) is 0 Å². The lowest BCUT2D eigenvalue weighted by atomic mass is 10.2. The van der Waals surface area contributed by atoms with E-state index < -0.39 is 0 Å². The maximum absolute atomic E-state index is 4.85. The Bertz CT molecular complexity index is 1030. The molecule has 0 aliphatic heterocycles. The number of hydrogen-bond donors (Lipinski definition) is 1. The molecule has 0 saturated heterocycles. The summed E-state index contributed by atoms with van der Waals surface area (Å²) < 4.78 is 2.00. The third-order valence-electron chi connectivity index (χ3n) is 4.08. The second-order valence-electron chi connectivity index (χ2n) is 5.88. The molecule has 4 rings (SSSR count). The average molecular weight is 338 g/mol. The summed E-state index contributed by atoms with van der Waals surface area (Å²) in [4.78, 5) is 17.0. The van der Waals surface area contributed by atoms with Crippen LogP contribution in [0.4, 0.5) is 11.5 Å². The number of nitrogens with zero attached hydrogens (tertiary/aromatic N) is 5. The number of nitrogens with one attached hydrogen (secondary N) is 1. The highest BCUT2D eigenvalue weighted by Gasteiger charge is 2.17. The van der Waals surface area contributed by atoms with E-state index in [4.69, 9.17) is 4.98 Å². The topological polar surface area (TPSA) is 58.9 Å². The fourth-order valence-corrected chi connectivity index (χ4v) is 3.73. The predicted octanol–water partition coefficient (Wildman–Crippen LogP) is 3.35. The van der Waals surface area contributed by atoms with Gasteiger partial charge in [0.25, 0.3) is 0 Å². The van der Waals surface area contributed by atoms with Crippen molar-refractivity contribution < 1.29 is 0 Å². The standard InChI is InChI=1S/C17H18N6S/c1-18-15-12-14(23(4)9-19-12)13-17(21-15)24-16(20-13)10-5-7-11(8-6-10)22(2)3/h5-9H,1-4H3,(H,18,21). The Labute approximate surface area is 143 Å². The van der Waals surface area contributed by atoms with Gasteiger partial charge in [0, 0.05) is 39.4 Å². The summed E-state index contributed by atoms with van der Waals surface area (Å²) in [5.41, 5.74) is 5.04. The molecule has 1 N–H and O–H groups in total. The Morgan fingerprint density at radius 1 is 1.08 bits per heavy atom. The van der Waals surface area contributed by atoms with Crippen LogP contribution in [0.2, 0.25) is 0 Å². The molecular weight excluding hydrogens is 320 g/mol. The van der Waals surface area contributed by atoms with Crippen molar-refractivity contribution in [3.8, 4) is 10.6 Å². The van der Waals surface area contributed by atoms with Crippen LogP contribution in [0.5, 0.6) is 0 Å². The lowest BCUT2D eigenvalue weighted by Gasteiger charge is -2.11. The molecule has 0 aliphatic rings. The van der Waals surface area contributed by atoms with Crippen LogP contribution in [-0.2, 0) is 7.05 Å². The highest BCUT2D eigenvalue weighted by atomic mass is 32.1. The van der Waals surface area contributed by atoms with Crippen molar-refractivity contribution in [1.29, 1.82) is 0 Å². The molecular formula is C17H18N6S. The molecule has 0 amide bonds. The number of thiazole rings is 1. The average Bonchev–Trinajstić information content (AvgIpc) is 3.17. The molecule has 0 bridgehead atoms. The first-order chi connectivity index (χ1) is 11.6. The predicted molar refractivity (Wildman–Crippen MR) is 101 cm³/mol. The zero-order valence-electron chi connectivity index (χ0n) is 14.0. The molecule has 6 nitrogen and oxygen atoms in total. The monoisotopic (exact) mass is 338 g/mol. The summed E-state index contributed by atoms with van der Waals surface area (Å²) >= 11 is 1.60. The van der Waals surface area contributed by atoms with Gasteiger partial charge >= 0.3 is 0 Å². The van der Waals surface area contributed by atoms with Crippen LogP contribution in [0.25, 0.3) is 32.0 Å². The molecule has 0 aliphatic carbocycles. The molecule has 122 valence electrons. The number of imidazole rings is 1. The second kappa shape index (κ2) is 5.45. The van der Waals surface area contributed by atoms with Crippen LogP contribution in [0.15, 0.2) is 30.6 Å². The quantitative estimate of drug-likeness (QED) is 0.621. The van der Waals surface area contributed by atoms with Crippen molar-refractivity contribution in [2.24, 2.45) is 7.05 Å². The Hall–Kier alpha value is -2.67. The number of hydrogen-bond acceptors (Lipinski definition) is 6. The van der Waals surface area contributed by atoms with Gasteiger partial charge in [-0.05, 0) is 24.3 Å². The first-order valence-corrected chi connectivity index (χ1v) is 8.47. The normalized spacial score (nSPS) is 11.3. The van der Waals surface area contributed by atoms with Crippen LogP contribution in [0.3, 0.4) is 0 Å². The minimum atomic E-state index is 0.788. The number of anilines is 2. The highest BCUT2D eigenvalue weighted by molar-refractivity contribution is 7.21. The van der Waals surface area contributed by atoms with Crippen molar-refractivity contribution in [2.45, 2.75) is 0 Å². The van der Waals surface area contributed by atoms with Gasteiger partial charge in [0.1, 0.15) is 26.4 Å². The summed E-state index contributed by atoms with van der Waals surface area (Å²) in [5.74, 6) is 0.788. The van der Waals surface area contributed by atoms with Crippen LogP contribution in [0, 0.1) is 0 Å². The van der Waals surface area contributed by atoms with E-state index in [9.17, 15) is 0 Å². The number of pyridine rings is 1. The van der Waals surface area contributed by atoms with Crippen LogP contribution in [-0.4, -0.2) is 40.7 Å². The minimum Gasteiger partial charge on any atom is -0.378 e. The Kier molecular flexibility index (Phi) is 3.38. The first-order valence-electron chi connectivity index (χ1n) is 7.65. The number of rotatable bonds is 3. The third kappa shape index (κ3) is 2.20. The molecule has 0 saturated carbocycles. The van der Waals surface area contributed by atoms with Crippen molar-refractivity contribution in [1.82, 2.24) is 19.5 Å². The van der Waals surface area contributed by atoms with E-state index >= 15 is 0 Å². The summed E-state index contributed by atoms with van der Waals surface area (Å²) in [5, 5.41) is 4.10. The van der Waals surface area contributed by atoms with Crippen LogP contribution in [0.1, 0.15) is 0 Å². The van der Waals surface area contributed by atoms with E-state index in [0.717, 1.165) is 37.8 Å². The van der Waals surface area contributed by atoms with Gasteiger partial charge in [-0.15, -0.1) is 0 Å². The third-order valence-corrected chi connectivity index (χ3v) is 5.07. The maximum atomic E-state index is 4.85. The van der Waals surface area contributed by atoms with E-state index in [-0.39, 0.29) is 0 Å². The van der Waals surface area contributed by atoms with Gasteiger partial charge in [-0.25, -0.2) is 15.0 Å². The van der Waals surface area contributed by atoms with Gasteiger partial charge < -0.3 is 14.8 Å². The molecule has 4 aromatic rings. The van der Waals surface area contributed by atoms with Crippen LogP contribution >= 0.6 is 11.3 Å². The molecule has 0 radical (unpaired) electrons. The van der Waals surface area contributed by atoms with Gasteiger partial charge in [0.15, 0.2) is 5.82 Å². The molecule has 0 atom stereocenters. The maximum Gasteiger partial charge on any atom is 0.155 e. The van der Waals surface area contributed by atoms with E-state index in [1.54, 1.807) is 17.7 Å². The zero-order chi connectivity index (χ0) is 16.8. The SMILES string of the molecule is CNc1nc2sc(-c3ccc(N(C)C)cc3)nc2c2c1ncn2C. The summed E-state index contributed by atoms with van der Waals surface area (Å²) in [7, 11) is 7.92. The van der Waals surface area contributed by atoms with Crippen molar-refractivity contribution in [3.05, 3.63) is 30.6 Å². The van der Waals surface area contributed by atoms with Gasteiger partial charge in [-0.2, -0.15) is 0 Å². The number of fused-ring (bicyclic) bond motifs is 3. The fourth-order valence-electron chi connectivity index (χ4n) is 2.78. The summed E-state index contributed by atoms with van der Waals surface area (Å²) in [6.07, 6.45) is 1.80. The smallest absolute Gasteiger partial charge is 0.155 e. The van der Waals surface area contributed by atoms with Crippen molar-refractivity contribution >= 4 is 44.2 Å². The van der Waals surface area contributed by atoms with E-state index in [0.29, 0.717) is 0 Å². The molecule has 0 spiro atoms. The second-order valence-corrected chi connectivity index (χ2v) is 6.85. The number of benzene rings is 1. The highest BCUT2D eigenvalue weighted by Crippen LogP contribution is 2.35. The lowest BCUT2D eigenvalue weighted by molar-refractivity contribution is 0.949. The van der Waals surface area contributed by atoms with E-state index in [1.165, 1.54) is 5.69 Å².